The largest absolute Gasteiger partial charge is 0.384 e. The van der Waals surface area contributed by atoms with Gasteiger partial charge in [-0.1, -0.05) is 99.3 Å². The molecule has 2 atom stereocenters. The molecule has 1 nitrogen and oxygen atoms in total. The zero-order chi connectivity index (χ0) is 26.5. The molecule has 3 aromatic carbocycles. The van der Waals surface area contributed by atoms with Crippen molar-refractivity contribution in [3.05, 3.63) is 95.1 Å². The third kappa shape index (κ3) is 10.1. The van der Waals surface area contributed by atoms with Crippen LogP contribution in [0.3, 0.4) is 0 Å². The molecule has 0 amide bonds. The molecule has 0 saturated heterocycles. The quantitative estimate of drug-likeness (QED) is 0.133. The van der Waals surface area contributed by atoms with Gasteiger partial charge in [0, 0.05) is 13.7 Å². The fourth-order valence-electron chi connectivity index (χ4n) is 5.59. The van der Waals surface area contributed by atoms with Crippen LogP contribution < -0.4 is 0 Å². The van der Waals surface area contributed by atoms with Gasteiger partial charge in [0.25, 0.3) is 0 Å². The summed E-state index contributed by atoms with van der Waals surface area (Å²) in [6, 6.07) is 23.5. The minimum absolute atomic E-state index is 0.599. The molecule has 0 aliphatic carbocycles. The van der Waals surface area contributed by atoms with Gasteiger partial charge in [-0.25, -0.2) is 0 Å². The van der Waals surface area contributed by atoms with E-state index >= 15 is 0 Å². The molecule has 0 spiro atoms. The molecule has 0 fully saturated rings. The Morgan fingerprint density at radius 1 is 0.730 bits per heavy atom. The van der Waals surface area contributed by atoms with Crippen LogP contribution in [0, 0.1) is 11.8 Å². The molecule has 0 aromatic heterocycles. The summed E-state index contributed by atoms with van der Waals surface area (Å²) in [4.78, 5) is 0. The molecular weight excluding hydrogens is 448 g/mol. The molecule has 2 unspecified atom stereocenters. The molecule has 3 aromatic rings. The van der Waals surface area contributed by atoms with Gasteiger partial charge in [-0.05, 0) is 103 Å². The van der Waals surface area contributed by atoms with Crippen LogP contribution >= 0.6 is 0 Å². The van der Waals surface area contributed by atoms with Crippen LogP contribution in [0.25, 0.3) is 10.8 Å². The first-order valence-electron chi connectivity index (χ1n) is 14.7. The normalized spacial score (nSPS) is 13.1. The van der Waals surface area contributed by atoms with Gasteiger partial charge in [0.2, 0.25) is 0 Å². The van der Waals surface area contributed by atoms with E-state index < -0.39 is 0 Å². The maximum Gasteiger partial charge on any atom is 0.0493 e. The van der Waals surface area contributed by atoms with Crippen molar-refractivity contribution < 1.29 is 4.74 Å². The molecule has 0 bridgehead atoms. The minimum atomic E-state index is 0.599. The first-order valence-corrected chi connectivity index (χ1v) is 14.7. The first-order chi connectivity index (χ1) is 18.0. The average Bonchev–Trinajstić information content (AvgIpc) is 2.90. The molecule has 0 saturated carbocycles. The number of unbranched alkanes of at least 4 members (excludes halogenated alkanes) is 2. The van der Waals surface area contributed by atoms with E-state index in [9.17, 15) is 0 Å². The number of ether oxygens (including phenoxy) is 1. The average molecular weight is 499 g/mol. The van der Waals surface area contributed by atoms with Gasteiger partial charge in [-0.3, -0.25) is 0 Å². The van der Waals surface area contributed by atoms with Crippen molar-refractivity contribution >= 4 is 10.8 Å². The highest BCUT2D eigenvalue weighted by Gasteiger charge is 2.14. The van der Waals surface area contributed by atoms with Crippen molar-refractivity contribution in [1.29, 1.82) is 0 Å². The lowest BCUT2D eigenvalue weighted by Crippen LogP contribution is -2.12. The monoisotopic (exact) mass is 498 g/mol. The number of methoxy groups -OCH3 is 1. The maximum atomic E-state index is 5.46. The van der Waals surface area contributed by atoms with Crippen LogP contribution in [-0.2, 0) is 30.4 Å². The molecule has 37 heavy (non-hydrogen) atoms. The second-order valence-corrected chi connectivity index (χ2v) is 11.3. The van der Waals surface area contributed by atoms with Crippen LogP contribution in [-0.4, -0.2) is 13.7 Å². The van der Waals surface area contributed by atoms with Crippen molar-refractivity contribution in [3.63, 3.8) is 0 Å². The van der Waals surface area contributed by atoms with E-state index in [4.69, 9.17) is 4.74 Å². The SMILES string of the molecule is C=C(C)CC(CCC(CC)Cc1ccc(CCc2ccc3cc(CCCCC)ccc3c2)cc1)COC. The van der Waals surface area contributed by atoms with Gasteiger partial charge in [0.05, 0.1) is 0 Å². The second kappa shape index (κ2) is 15.8. The third-order valence-corrected chi connectivity index (χ3v) is 7.89. The Morgan fingerprint density at radius 3 is 1.89 bits per heavy atom. The topological polar surface area (TPSA) is 9.23 Å². The Hall–Kier alpha value is -2.38. The number of fused-ring (bicyclic) bond motifs is 1. The van der Waals surface area contributed by atoms with Gasteiger partial charge in [0.1, 0.15) is 0 Å². The second-order valence-electron chi connectivity index (χ2n) is 11.3. The zero-order valence-corrected chi connectivity index (χ0v) is 24.0. The van der Waals surface area contributed by atoms with E-state index in [0.29, 0.717) is 5.92 Å². The molecule has 0 N–H and O–H groups in total. The zero-order valence-electron chi connectivity index (χ0n) is 24.0. The Balaban J connectivity index is 1.50. The Labute approximate surface area is 227 Å². The van der Waals surface area contributed by atoms with E-state index in [-0.39, 0.29) is 0 Å². The number of benzene rings is 3. The third-order valence-electron chi connectivity index (χ3n) is 7.89. The molecule has 0 aliphatic rings. The van der Waals surface area contributed by atoms with Crippen LogP contribution in [0.5, 0.6) is 0 Å². The summed E-state index contributed by atoms with van der Waals surface area (Å²) >= 11 is 0. The number of hydrogen-bond acceptors (Lipinski definition) is 1. The Kier molecular flexibility index (Phi) is 12.4. The molecule has 0 radical (unpaired) electrons. The highest BCUT2D eigenvalue weighted by molar-refractivity contribution is 5.83. The van der Waals surface area contributed by atoms with Gasteiger partial charge in [-0.2, -0.15) is 0 Å². The van der Waals surface area contributed by atoms with E-state index in [1.54, 1.807) is 0 Å². The molecule has 200 valence electrons. The van der Waals surface area contributed by atoms with Gasteiger partial charge in [-0.15, -0.1) is 6.58 Å². The summed E-state index contributed by atoms with van der Waals surface area (Å²) in [6.45, 7) is 11.7. The number of aryl methyl sites for hydroxylation is 3. The van der Waals surface area contributed by atoms with Crippen molar-refractivity contribution in [2.75, 3.05) is 13.7 Å². The van der Waals surface area contributed by atoms with E-state index in [1.165, 1.54) is 90.0 Å². The van der Waals surface area contributed by atoms with Gasteiger partial charge >= 0.3 is 0 Å². The fraction of sp³-hybridized carbons (Fsp3) is 0.500. The fourth-order valence-corrected chi connectivity index (χ4v) is 5.59. The first kappa shape index (κ1) is 29.2. The van der Waals surface area contributed by atoms with Gasteiger partial charge in [0.15, 0.2) is 0 Å². The van der Waals surface area contributed by atoms with E-state index in [1.807, 2.05) is 7.11 Å². The van der Waals surface area contributed by atoms with Crippen LogP contribution in [0.1, 0.15) is 88.0 Å². The maximum absolute atomic E-state index is 5.46. The van der Waals surface area contributed by atoms with E-state index in [0.717, 1.165) is 31.8 Å². The van der Waals surface area contributed by atoms with Crippen LogP contribution in [0.4, 0.5) is 0 Å². The molecular formula is C36H50O. The van der Waals surface area contributed by atoms with Crippen LogP contribution in [0.2, 0.25) is 0 Å². The minimum Gasteiger partial charge on any atom is -0.384 e. The van der Waals surface area contributed by atoms with Crippen molar-refractivity contribution in [2.45, 2.75) is 91.4 Å². The summed E-state index contributed by atoms with van der Waals surface area (Å²) in [5.74, 6) is 1.34. The predicted octanol–water partition coefficient (Wildman–Crippen LogP) is 9.94. The standard InChI is InChI=1S/C36H50O/c1-6-8-9-10-31-19-21-36-26-33(20-22-35(36)25-31)17-14-30-12-15-32(16-13-30)24-29(7-2)11-18-34(27-37-5)23-28(3)4/h12-13,15-16,19-22,25-26,29,34H,3,6-11,14,17-18,23-24,27H2,1-2,4-5H3. The van der Waals surface area contributed by atoms with Gasteiger partial charge < -0.3 is 4.74 Å². The number of allylic oxidation sites excluding steroid dienone is 1. The predicted molar refractivity (Wildman–Crippen MR) is 163 cm³/mol. The summed E-state index contributed by atoms with van der Waals surface area (Å²) in [7, 11) is 1.81. The highest BCUT2D eigenvalue weighted by Crippen LogP contribution is 2.25. The molecule has 0 heterocycles. The lowest BCUT2D eigenvalue weighted by Gasteiger charge is -2.20. The number of rotatable bonds is 17. The summed E-state index contributed by atoms with van der Waals surface area (Å²) in [5, 5.41) is 2.74. The molecule has 1 heteroatoms. The molecule has 3 rings (SSSR count). The molecule has 0 aliphatic heterocycles. The highest BCUT2D eigenvalue weighted by atomic mass is 16.5. The van der Waals surface area contributed by atoms with E-state index in [2.05, 4.69) is 88.0 Å². The summed E-state index contributed by atoms with van der Waals surface area (Å²) < 4.78 is 5.46. The number of hydrogen-bond donors (Lipinski definition) is 0. The van der Waals surface area contributed by atoms with Crippen molar-refractivity contribution in [3.8, 4) is 0 Å². The summed E-state index contributed by atoms with van der Waals surface area (Å²) in [6.07, 6.45) is 13.3. The van der Waals surface area contributed by atoms with Crippen LogP contribution in [0.15, 0.2) is 72.8 Å². The smallest absolute Gasteiger partial charge is 0.0493 e. The van der Waals surface area contributed by atoms with Crippen molar-refractivity contribution in [1.82, 2.24) is 0 Å². The Morgan fingerprint density at radius 2 is 1.30 bits per heavy atom. The lowest BCUT2D eigenvalue weighted by atomic mass is 9.87. The van der Waals surface area contributed by atoms with Crippen molar-refractivity contribution in [2.24, 2.45) is 11.8 Å². The lowest BCUT2D eigenvalue weighted by molar-refractivity contribution is 0.143. The Bertz CT molecular complexity index is 1080. The summed E-state index contributed by atoms with van der Waals surface area (Å²) in [5.41, 5.74) is 7.08.